The minimum absolute atomic E-state index is 0.254. The van der Waals surface area contributed by atoms with Gasteiger partial charge < -0.3 is 23.7 Å². The second-order valence-corrected chi connectivity index (χ2v) is 7.98. The molecule has 0 N–H and O–H groups in total. The third kappa shape index (κ3) is 5.40. The molecule has 1 heterocycles. The molecule has 3 rings (SSSR count). The molecular weight excluding hydrogens is 384 g/mol. The van der Waals surface area contributed by atoms with Crippen molar-refractivity contribution >= 4 is 18.1 Å². The maximum Gasteiger partial charge on any atom is 0.321 e. The van der Waals surface area contributed by atoms with Crippen molar-refractivity contribution in [1.82, 2.24) is 0 Å². The van der Waals surface area contributed by atoms with Gasteiger partial charge in [0, 0.05) is 6.07 Å². The maximum absolute atomic E-state index is 12.6. The van der Waals surface area contributed by atoms with Crippen LogP contribution in [0.2, 0.25) is 0 Å². The van der Waals surface area contributed by atoms with Crippen LogP contribution in [0, 0.1) is 5.41 Å². The number of hydrogen-bond donors (Lipinski definition) is 0. The summed E-state index contributed by atoms with van der Waals surface area (Å²) in [5.41, 5.74) is 1.09. The first-order valence-electron chi connectivity index (χ1n) is 9.74. The van der Waals surface area contributed by atoms with Gasteiger partial charge in [-0.25, -0.2) is 0 Å². The van der Waals surface area contributed by atoms with Crippen LogP contribution in [0.4, 0.5) is 0 Å². The van der Waals surface area contributed by atoms with Gasteiger partial charge in [0.25, 0.3) is 0 Å². The van der Waals surface area contributed by atoms with Crippen LogP contribution in [0.3, 0.4) is 0 Å². The molecule has 0 saturated carbocycles. The molecule has 1 fully saturated rings. The molecule has 0 amide bonds. The van der Waals surface area contributed by atoms with E-state index in [1.807, 2.05) is 56.3 Å². The van der Waals surface area contributed by atoms with Crippen molar-refractivity contribution < 1.29 is 28.5 Å². The van der Waals surface area contributed by atoms with Gasteiger partial charge in [-0.3, -0.25) is 4.79 Å². The van der Waals surface area contributed by atoms with Crippen molar-refractivity contribution in [2.45, 2.75) is 26.6 Å². The van der Waals surface area contributed by atoms with Crippen LogP contribution < -0.4 is 14.2 Å². The number of benzene rings is 2. The summed E-state index contributed by atoms with van der Waals surface area (Å²) in [5, 5.41) is 0. The normalized spacial score (nSPS) is 17.5. The molecule has 0 aliphatic carbocycles. The minimum atomic E-state index is -0.834. The average molecular weight is 412 g/mol. The molecule has 1 aliphatic heterocycles. The topological polar surface area (TPSA) is 63.2 Å². The Bertz CT molecular complexity index is 882. The smallest absolute Gasteiger partial charge is 0.321 e. The third-order valence-corrected chi connectivity index (χ3v) is 4.90. The van der Waals surface area contributed by atoms with E-state index >= 15 is 0 Å². The van der Waals surface area contributed by atoms with E-state index in [1.54, 1.807) is 33.3 Å². The molecule has 0 radical (unpaired) electrons. The summed E-state index contributed by atoms with van der Waals surface area (Å²) in [6, 6.07) is 13.0. The lowest BCUT2D eigenvalue weighted by Gasteiger charge is -2.39. The van der Waals surface area contributed by atoms with Gasteiger partial charge in [0.15, 0.2) is 5.79 Å². The van der Waals surface area contributed by atoms with E-state index in [1.165, 1.54) is 0 Å². The van der Waals surface area contributed by atoms with E-state index in [0.29, 0.717) is 5.75 Å². The SMILES string of the molecule is COc1cc(C=Cc2ccc(OC(=O)C3(C)COC(C)(C)OC3)cc2)cc(OC)c1. The first kappa shape index (κ1) is 21.9. The van der Waals surface area contributed by atoms with E-state index < -0.39 is 11.2 Å². The van der Waals surface area contributed by atoms with Crippen LogP contribution in [0.15, 0.2) is 42.5 Å². The molecule has 1 saturated heterocycles. The number of rotatable bonds is 6. The van der Waals surface area contributed by atoms with Crippen LogP contribution in [-0.2, 0) is 14.3 Å². The average Bonchev–Trinajstić information content (AvgIpc) is 2.75. The molecule has 0 unspecified atom stereocenters. The Morgan fingerprint density at radius 2 is 1.37 bits per heavy atom. The largest absolute Gasteiger partial charge is 0.497 e. The fourth-order valence-corrected chi connectivity index (χ4v) is 2.86. The van der Waals surface area contributed by atoms with Crippen molar-refractivity contribution in [3.05, 3.63) is 53.6 Å². The molecule has 0 bridgehead atoms. The van der Waals surface area contributed by atoms with E-state index in [2.05, 4.69) is 0 Å². The van der Waals surface area contributed by atoms with Crippen LogP contribution in [0.25, 0.3) is 12.2 Å². The highest BCUT2D eigenvalue weighted by Crippen LogP contribution is 2.31. The second kappa shape index (κ2) is 8.90. The number of hydrogen-bond acceptors (Lipinski definition) is 6. The van der Waals surface area contributed by atoms with Crippen LogP contribution in [0.5, 0.6) is 17.2 Å². The van der Waals surface area contributed by atoms with Crippen molar-refractivity contribution in [3.63, 3.8) is 0 Å². The van der Waals surface area contributed by atoms with Crippen molar-refractivity contribution in [2.75, 3.05) is 27.4 Å². The van der Waals surface area contributed by atoms with Gasteiger partial charge in [-0.15, -0.1) is 0 Å². The zero-order chi connectivity index (χ0) is 21.8. The fourth-order valence-electron chi connectivity index (χ4n) is 2.86. The highest BCUT2D eigenvalue weighted by atomic mass is 16.7. The molecule has 1 aliphatic rings. The number of carbonyl (C=O) groups is 1. The molecule has 2 aromatic carbocycles. The van der Waals surface area contributed by atoms with Crippen molar-refractivity contribution in [1.29, 1.82) is 0 Å². The van der Waals surface area contributed by atoms with Crippen molar-refractivity contribution in [3.8, 4) is 17.2 Å². The van der Waals surface area contributed by atoms with Gasteiger partial charge in [-0.05, 0) is 56.2 Å². The highest BCUT2D eigenvalue weighted by Gasteiger charge is 2.43. The van der Waals surface area contributed by atoms with Crippen LogP contribution in [0.1, 0.15) is 31.9 Å². The lowest BCUT2D eigenvalue weighted by Crippen LogP contribution is -2.50. The Kier molecular flexibility index (Phi) is 6.48. The van der Waals surface area contributed by atoms with Gasteiger partial charge in [0.1, 0.15) is 22.7 Å². The number of ether oxygens (including phenoxy) is 5. The maximum atomic E-state index is 12.6. The molecule has 30 heavy (non-hydrogen) atoms. The number of methoxy groups -OCH3 is 2. The van der Waals surface area contributed by atoms with E-state index in [-0.39, 0.29) is 19.2 Å². The zero-order valence-corrected chi connectivity index (χ0v) is 18.1. The van der Waals surface area contributed by atoms with Gasteiger partial charge in [0.2, 0.25) is 0 Å². The van der Waals surface area contributed by atoms with E-state index in [0.717, 1.165) is 22.6 Å². The predicted octanol–water partition coefficient (Wildman–Crippen LogP) is 4.57. The lowest BCUT2D eigenvalue weighted by atomic mass is 9.92. The highest BCUT2D eigenvalue weighted by molar-refractivity contribution is 5.79. The van der Waals surface area contributed by atoms with E-state index in [4.69, 9.17) is 23.7 Å². The minimum Gasteiger partial charge on any atom is -0.497 e. The quantitative estimate of drug-likeness (QED) is 0.393. The second-order valence-electron chi connectivity index (χ2n) is 7.98. The monoisotopic (exact) mass is 412 g/mol. The zero-order valence-electron chi connectivity index (χ0n) is 18.1. The standard InChI is InChI=1S/C24H28O6/c1-23(2)28-15-24(3,16-29-23)22(25)30-19-10-8-17(9-11-19)6-7-18-12-20(26-4)14-21(13-18)27-5/h6-14H,15-16H2,1-5H3. The fraction of sp³-hybridized carbons (Fsp3) is 0.375. The Morgan fingerprint density at radius 1 is 0.833 bits per heavy atom. The molecule has 0 spiro atoms. The lowest BCUT2D eigenvalue weighted by molar-refractivity contribution is -0.279. The first-order chi connectivity index (χ1) is 14.2. The predicted molar refractivity (Wildman–Crippen MR) is 115 cm³/mol. The first-order valence-corrected chi connectivity index (χ1v) is 9.74. The molecule has 0 aromatic heterocycles. The van der Waals surface area contributed by atoms with Gasteiger partial charge in [0.05, 0.1) is 27.4 Å². The van der Waals surface area contributed by atoms with Gasteiger partial charge in [-0.1, -0.05) is 24.3 Å². The van der Waals surface area contributed by atoms with E-state index in [9.17, 15) is 4.79 Å². The Labute approximate surface area is 177 Å². The summed E-state index contributed by atoms with van der Waals surface area (Å²) in [4.78, 5) is 12.6. The summed E-state index contributed by atoms with van der Waals surface area (Å²) < 4.78 is 27.4. The molecule has 6 heteroatoms. The Morgan fingerprint density at radius 3 is 1.90 bits per heavy atom. The molecule has 2 aromatic rings. The van der Waals surface area contributed by atoms with Gasteiger partial charge in [-0.2, -0.15) is 0 Å². The summed E-state index contributed by atoms with van der Waals surface area (Å²) in [7, 11) is 3.24. The Balaban J connectivity index is 1.64. The number of esters is 1. The van der Waals surface area contributed by atoms with Gasteiger partial charge >= 0.3 is 5.97 Å². The Hall–Kier alpha value is -2.83. The van der Waals surface area contributed by atoms with Crippen LogP contribution >= 0.6 is 0 Å². The third-order valence-electron chi connectivity index (χ3n) is 4.90. The summed E-state index contributed by atoms with van der Waals surface area (Å²) in [6.45, 7) is 5.94. The molecular formula is C24H28O6. The molecule has 0 atom stereocenters. The summed E-state index contributed by atoms with van der Waals surface area (Å²) in [6.07, 6.45) is 3.93. The summed E-state index contributed by atoms with van der Waals surface area (Å²) in [5.74, 6) is 0.879. The van der Waals surface area contributed by atoms with Crippen LogP contribution in [-0.4, -0.2) is 39.2 Å². The number of carbonyl (C=O) groups excluding carboxylic acids is 1. The van der Waals surface area contributed by atoms with Crippen molar-refractivity contribution in [2.24, 2.45) is 5.41 Å². The molecule has 160 valence electrons. The molecule has 6 nitrogen and oxygen atoms in total. The summed E-state index contributed by atoms with van der Waals surface area (Å²) >= 11 is 0.